The quantitative estimate of drug-likeness (QED) is 0.321. The maximum Gasteiger partial charge on any atom is 0.237 e. The Labute approximate surface area is 204 Å². The minimum absolute atomic E-state index is 0.0240. The fourth-order valence-corrected chi connectivity index (χ4v) is 4.55. The number of hydrogen-bond acceptors (Lipinski definition) is 9. The SMILES string of the molecule is COc1ccc2c(C)cc3nnc(SCc4nc(CC(=O)Nc5ccccc5OC)no4)n3c2c1. The number of hydrogen-bond donors (Lipinski definition) is 1. The predicted octanol–water partition coefficient (Wildman–Crippen LogP) is 4.06. The van der Waals surface area contributed by atoms with Crippen molar-refractivity contribution in [1.82, 2.24) is 24.7 Å². The topological polar surface area (TPSA) is 117 Å². The van der Waals surface area contributed by atoms with Crippen LogP contribution < -0.4 is 14.8 Å². The molecule has 0 atom stereocenters. The molecule has 1 amide bonds. The van der Waals surface area contributed by atoms with E-state index < -0.39 is 0 Å². The van der Waals surface area contributed by atoms with E-state index in [1.807, 2.05) is 47.7 Å². The van der Waals surface area contributed by atoms with E-state index in [9.17, 15) is 4.79 Å². The summed E-state index contributed by atoms with van der Waals surface area (Å²) in [5, 5.41) is 17.2. The highest BCUT2D eigenvalue weighted by Crippen LogP contribution is 2.29. The second kappa shape index (κ2) is 9.63. The smallest absolute Gasteiger partial charge is 0.237 e. The highest BCUT2D eigenvalue weighted by molar-refractivity contribution is 7.98. The summed E-state index contributed by atoms with van der Waals surface area (Å²) in [6, 6.07) is 15.1. The van der Waals surface area contributed by atoms with Crippen LogP contribution >= 0.6 is 11.8 Å². The van der Waals surface area contributed by atoms with Crippen LogP contribution in [0.1, 0.15) is 17.3 Å². The molecule has 2 aromatic carbocycles. The maximum atomic E-state index is 12.4. The fraction of sp³-hybridized carbons (Fsp3) is 0.208. The standard InChI is InChI=1S/C24H22N6O4S/c1-14-10-21-27-28-24(30(21)18-11-15(32-2)8-9-16(14)18)35-13-23-26-20(29-34-23)12-22(31)25-17-6-4-5-7-19(17)33-3/h4-11H,12-13H2,1-3H3,(H,25,31). The van der Waals surface area contributed by atoms with E-state index in [2.05, 4.69) is 25.7 Å². The van der Waals surface area contributed by atoms with E-state index in [1.165, 1.54) is 11.8 Å². The molecule has 0 fully saturated rings. The molecule has 1 N–H and O–H groups in total. The van der Waals surface area contributed by atoms with Crippen LogP contribution in [0.3, 0.4) is 0 Å². The van der Waals surface area contributed by atoms with Crippen molar-refractivity contribution in [2.75, 3.05) is 19.5 Å². The molecule has 3 heterocycles. The van der Waals surface area contributed by atoms with E-state index in [-0.39, 0.29) is 12.3 Å². The Morgan fingerprint density at radius 3 is 2.80 bits per heavy atom. The van der Waals surface area contributed by atoms with Gasteiger partial charge in [0.25, 0.3) is 0 Å². The van der Waals surface area contributed by atoms with Gasteiger partial charge in [-0.25, -0.2) is 0 Å². The molecule has 11 heteroatoms. The van der Waals surface area contributed by atoms with E-state index in [0.29, 0.717) is 34.1 Å². The van der Waals surface area contributed by atoms with Gasteiger partial charge in [0, 0.05) is 11.5 Å². The number of pyridine rings is 1. The molecule has 0 radical (unpaired) electrons. The van der Waals surface area contributed by atoms with Crippen LogP contribution in [0.4, 0.5) is 5.69 Å². The van der Waals surface area contributed by atoms with Crippen molar-refractivity contribution in [3.8, 4) is 11.5 Å². The average molecular weight is 491 g/mol. The number of nitrogens with zero attached hydrogens (tertiary/aromatic N) is 5. The molecule has 178 valence electrons. The van der Waals surface area contributed by atoms with Crippen LogP contribution in [0.2, 0.25) is 0 Å². The van der Waals surface area contributed by atoms with Gasteiger partial charge in [0.05, 0.1) is 37.6 Å². The lowest BCUT2D eigenvalue weighted by molar-refractivity contribution is -0.115. The minimum Gasteiger partial charge on any atom is -0.497 e. The summed E-state index contributed by atoms with van der Waals surface area (Å²) in [7, 11) is 3.19. The second-order valence-electron chi connectivity index (χ2n) is 7.70. The lowest BCUT2D eigenvalue weighted by atomic mass is 10.1. The number of aryl methyl sites for hydroxylation is 1. The lowest BCUT2D eigenvalue weighted by Gasteiger charge is -2.09. The van der Waals surface area contributed by atoms with Crippen molar-refractivity contribution >= 4 is 39.9 Å². The third kappa shape index (κ3) is 4.62. The largest absolute Gasteiger partial charge is 0.497 e. The average Bonchev–Trinajstić information content (AvgIpc) is 3.49. The fourth-order valence-electron chi connectivity index (χ4n) is 3.76. The molecule has 0 aliphatic carbocycles. The second-order valence-corrected chi connectivity index (χ2v) is 8.65. The Balaban J connectivity index is 1.30. The van der Waals surface area contributed by atoms with Crippen molar-refractivity contribution < 1.29 is 18.8 Å². The first kappa shape index (κ1) is 22.7. The first-order valence-electron chi connectivity index (χ1n) is 10.8. The monoisotopic (exact) mass is 490 g/mol. The van der Waals surface area contributed by atoms with Gasteiger partial charge in [-0.3, -0.25) is 9.20 Å². The lowest BCUT2D eigenvalue weighted by Crippen LogP contribution is -2.15. The number of carbonyl (C=O) groups is 1. The Morgan fingerprint density at radius 2 is 1.97 bits per heavy atom. The predicted molar refractivity (Wildman–Crippen MR) is 131 cm³/mol. The van der Waals surface area contributed by atoms with Crippen LogP contribution in [0, 0.1) is 6.92 Å². The van der Waals surface area contributed by atoms with Crippen LogP contribution in [0.15, 0.2) is 58.2 Å². The molecule has 5 aromatic rings. The third-order valence-electron chi connectivity index (χ3n) is 5.41. The number of methoxy groups -OCH3 is 2. The number of nitrogens with one attached hydrogen (secondary N) is 1. The Kier molecular flexibility index (Phi) is 6.23. The minimum atomic E-state index is -0.270. The molecule has 5 rings (SSSR count). The van der Waals surface area contributed by atoms with Gasteiger partial charge < -0.3 is 19.3 Å². The van der Waals surface area contributed by atoms with Gasteiger partial charge in [0.1, 0.15) is 11.5 Å². The molecular formula is C24H22N6O4S. The number of thioether (sulfide) groups is 1. The number of amides is 1. The van der Waals surface area contributed by atoms with E-state index in [4.69, 9.17) is 14.0 Å². The number of benzene rings is 2. The van der Waals surface area contributed by atoms with E-state index >= 15 is 0 Å². The van der Waals surface area contributed by atoms with Gasteiger partial charge in [0.15, 0.2) is 16.6 Å². The van der Waals surface area contributed by atoms with Crippen molar-refractivity contribution in [1.29, 1.82) is 0 Å². The van der Waals surface area contributed by atoms with Crippen molar-refractivity contribution in [3.63, 3.8) is 0 Å². The van der Waals surface area contributed by atoms with Gasteiger partial charge in [-0.1, -0.05) is 29.1 Å². The molecule has 0 saturated heterocycles. The van der Waals surface area contributed by atoms with Crippen LogP contribution in [-0.2, 0) is 17.0 Å². The highest BCUT2D eigenvalue weighted by Gasteiger charge is 2.16. The van der Waals surface area contributed by atoms with E-state index in [1.54, 1.807) is 26.4 Å². The summed E-state index contributed by atoms with van der Waals surface area (Å²) in [4.78, 5) is 16.8. The summed E-state index contributed by atoms with van der Waals surface area (Å²) in [6.45, 7) is 2.04. The van der Waals surface area contributed by atoms with Crippen molar-refractivity contribution in [2.24, 2.45) is 0 Å². The number of anilines is 1. The summed E-state index contributed by atoms with van der Waals surface area (Å²) >= 11 is 1.42. The highest BCUT2D eigenvalue weighted by atomic mass is 32.2. The number of fused-ring (bicyclic) bond motifs is 3. The Bertz CT molecular complexity index is 1530. The molecule has 0 bridgehead atoms. The number of carbonyl (C=O) groups excluding carboxylic acids is 1. The molecule has 3 aromatic heterocycles. The van der Waals surface area contributed by atoms with Crippen LogP contribution in [0.25, 0.3) is 16.6 Å². The number of para-hydroxylation sites is 2. The Morgan fingerprint density at radius 1 is 1.11 bits per heavy atom. The summed E-state index contributed by atoms with van der Waals surface area (Å²) in [5.41, 5.74) is 3.38. The van der Waals surface area contributed by atoms with Crippen molar-refractivity contribution in [3.05, 3.63) is 65.8 Å². The summed E-state index contributed by atoms with van der Waals surface area (Å²) in [6.07, 6.45) is -0.0240. The van der Waals surface area contributed by atoms with Crippen LogP contribution in [-0.4, -0.2) is 44.9 Å². The molecule has 10 nitrogen and oxygen atoms in total. The Hall–Kier alpha value is -4.12. The molecule has 0 spiro atoms. The molecule has 0 aliphatic rings. The number of rotatable bonds is 8. The number of ether oxygens (including phenoxy) is 2. The zero-order valence-corrected chi connectivity index (χ0v) is 20.1. The van der Waals surface area contributed by atoms with Gasteiger partial charge in [-0.05, 0) is 42.8 Å². The van der Waals surface area contributed by atoms with Gasteiger partial charge >= 0.3 is 0 Å². The summed E-state index contributed by atoms with van der Waals surface area (Å²) in [5.74, 6) is 2.12. The molecular weight excluding hydrogens is 468 g/mol. The zero-order valence-electron chi connectivity index (χ0n) is 19.3. The third-order valence-corrected chi connectivity index (χ3v) is 6.32. The number of aromatic nitrogens is 5. The summed E-state index contributed by atoms with van der Waals surface area (Å²) < 4.78 is 18.0. The van der Waals surface area contributed by atoms with Gasteiger partial charge in [-0.2, -0.15) is 4.98 Å². The first-order chi connectivity index (χ1) is 17.1. The molecule has 35 heavy (non-hydrogen) atoms. The zero-order chi connectivity index (χ0) is 24.4. The van der Waals surface area contributed by atoms with Crippen molar-refractivity contribution in [2.45, 2.75) is 24.3 Å². The van der Waals surface area contributed by atoms with E-state index in [0.717, 1.165) is 27.9 Å². The molecule has 0 aliphatic heterocycles. The van der Waals surface area contributed by atoms with Crippen LogP contribution in [0.5, 0.6) is 11.5 Å². The molecule has 0 saturated carbocycles. The normalized spacial score (nSPS) is 11.2. The van der Waals surface area contributed by atoms with Gasteiger partial charge in [-0.15, -0.1) is 10.2 Å². The first-order valence-corrected chi connectivity index (χ1v) is 11.7. The molecule has 0 unspecified atom stereocenters. The maximum absolute atomic E-state index is 12.4. The van der Waals surface area contributed by atoms with Gasteiger partial charge in [0.2, 0.25) is 11.8 Å².